The molecule has 0 amide bonds. The number of oxazole rings is 1. The third kappa shape index (κ3) is 1.82. The molecule has 1 rings (SSSR count). The maximum absolute atomic E-state index is 5.12. The van der Waals surface area contributed by atoms with E-state index in [0.717, 1.165) is 11.6 Å². The summed E-state index contributed by atoms with van der Waals surface area (Å²) in [5, 5.41) is 0. The van der Waals surface area contributed by atoms with E-state index in [1.807, 2.05) is 6.92 Å². The van der Waals surface area contributed by atoms with Gasteiger partial charge in [0, 0.05) is 12.8 Å². The topological polar surface area (TPSA) is 26.0 Å². The zero-order valence-electron chi connectivity index (χ0n) is 7.59. The van der Waals surface area contributed by atoms with Crippen molar-refractivity contribution in [1.29, 1.82) is 0 Å². The Labute approximate surface area is 67.6 Å². The second kappa shape index (κ2) is 3.07. The lowest BCUT2D eigenvalue weighted by atomic mass is 9.95. The average Bonchev–Trinajstić information content (AvgIpc) is 2.34. The molecule has 1 aromatic heterocycles. The Hall–Kier alpha value is -0.790. The maximum atomic E-state index is 5.12. The third-order valence-electron chi connectivity index (χ3n) is 2.10. The molecule has 11 heavy (non-hydrogen) atoms. The normalized spacial score (nSPS) is 13.9. The SMILES string of the molecule is Cc1nc(C(C)C(C)C)co1. The van der Waals surface area contributed by atoms with Crippen LogP contribution < -0.4 is 0 Å². The fraction of sp³-hybridized carbons (Fsp3) is 0.667. The summed E-state index contributed by atoms with van der Waals surface area (Å²) in [4.78, 5) is 4.27. The van der Waals surface area contributed by atoms with Gasteiger partial charge in [-0.25, -0.2) is 4.98 Å². The summed E-state index contributed by atoms with van der Waals surface area (Å²) in [6.07, 6.45) is 1.75. The Bertz CT molecular complexity index is 227. The summed E-state index contributed by atoms with van der Waals surface area (Å²) in [6, 6.07) is 0. The molecule has 1 unspecified atom stereocenters. The van der Waals surface area contributed by atoms with Crippen LogP contribution in [0.4, 0.5) is 0 Å². The van der Waals surface area contributed by atoms with Crippen LogP contribution in [0, 0.1) is 12.8 Å². The van der Waals surface area contributed by atoms with Crippen molar-refractivity contribution in [3.63, 3.8) is 0 Å². The zero-order chi connectivity index (χ0) is 8.43. The fourth-order valence-electron chi connectivity index (χ4n) is 0.931. The molecule has 0 aliphatic heterocycles. The summed E-state index contributed by atoms with van der Waals surface area (Å²) >= 11 is 0. The average molecular weight is 153 g/mol. The van der Waals surface area contributed by atoms with E-state index in [4.69, 9.17) is 4.42 Å². The van der Waals surface area contributed by atoms with Crippen LogP contribution in [0.2, 0.25) is 0 Å². The van der Waals surface area contributed by atoms with Gasteiger partial charge in [0.2, 0.25) is 0 Å². The molecule has 0 aromatic carbocycles. The first-order valence-corrected chi connectivity index (χ1v) is 4.03. The van der Waals surface area contributed by atoms with Crippen LogP contribution in [0.15, 0.2) is 10.7 Å². The minimum Gasteiger partial charge on any atom is -0.449 e. The quantitative estimate of drug-likeness (QED) is 0.653. The highest BCUT2D eigenvalue weighted by molar-refractivity contribution is 5.02. The Morgan fingerprint density at radius 3 is 2.36 bits per heavy atom. The number of rotatable bonds is 2. The molecule has 1 heterocycles. The molecule has 0 radical (unpaired) electrons. The van der Waals surface area contributed by atoms with Gasteiger partial charge in [0.25, 0.3) is 0 Å². The number of nitrogens with zero attached hydrogens (tertiary/aromatic N) is 1. The van der Waals surface area contributed by atoms with E-state index in [0.29, 0.717) is 11.8 Å². The number of hydrogen-bond donors (Lipinski definition) is 0. The molecule has 2 heteroatoms. The first-order valence-electron chi connectivity index (χ1n) is 4.03. The Morgan fingerprint density at radius 2 is 2.00 bits per heavy atom. The summed E-state index contributed by atoms with van der Waals surface area (Å²) in [5.41, 5.74) is 1.07. The number of aryl methyl sites for hydroxylation is 1. The van der Waals surface area contributed by atoms with Gasteiger partial charge in [0.05, 0.1) is 5.69 Å². The van der Waals surface area contributed by atoms with Crippen molar-refractivity contribution in [1.82, 2.24) is 4.98 Å². The van der Waals surface area contributed by atoms with Gasteiger partial charge in [-0.15, -0.1) is 0 Å². The predicted octanol–water partition coefficient (Wildman–Crippen LogP) is 2.74. The molecule has 0 saturated heterocycles. The van der Waals surface area contributed by atoms with Gasteiger partial charge < -0.3 is 4.42 Å². The van der Waals surface area contributed by atoms with E-state index >= 15 is 0 Å². The Balaban J connectivity index is 2.76. The van der Waals surface area contributed by atoms with Gasteiger partial charge in [-0.05, 0) is 5.92 Å². The van der Waals surface area contributed by atoms with E-state index in [1.165, 1.54) is 0 Å². The van der Waals surface area contributed by atoms with Crippen molar-refractivity contribution in [2.45, 2.75) is 33.6 Å². The Morgan fingerprint density at radius 1 is 1.36 bits per heavy atom. The van der Waals surface area contributed by atoms with Gasteiger partial charge in [0.15, 0.2) is 5.89 Å². The fourth-order valence-corrected chi connectivity index (χ4v) is 0.931. The van der Waals surface area contributed by atoms with Crippen molar-refractivity contribution >= 4 is 0 Å². The number of aromatic nitrogens is 1. The highest BCUT2D eigenvalue weighted by Crippen LogP contribution is 2.22. The molecule has 0 N–H and O–H groups in total. The highest BCUT2D eigenvalue weighted by Gasteiger charge is 2.12. The van der Waals surface area contributed by atoms with Crippen LogP contribution in [-0.4, -0.2) is 4.98 Å². The van der Waals surface area contributed by atoms with Crippen molar-refractivity contribution in [3.8, 4) is 0 Å². The van der Waals surface area contributed by atoms with Crippen LogP contribution in [0.5, 0.6) is 0 Å². The van der Waals surface area contributed by atoms with Crippen molar-refractivity contribution in [3.05, 3.63) is 17.8 Å². The molecule has 0 fully saturated rings. The van der Waals surface area contributed by atoms with Crippen molar-refractivity contribution in [2.24, 2.45) is 5.92 Å². The molecule has 2 nitrogen and oxygen atoms in total. The molecule has 0 aliphatic carbocycles. The zero-order valence-corrected chi connectivity index (χ0v) is 7.59. The molecule has 1 aromatic rings. The van der Waals surface area contributed by atoms with E-state index in [1.54, 1.807) is 6.26 Å². The van der Waals surface area contributed by atoms with E-state index in [9.17, 15) is 0 Å². The minimum absolute atomic E-state index is 0.493. The maximum Gasteiger partial charge on any atom is 0.191 e. The second-order valence-corrected chi connectivity index (χ2v) is 3.32. The molecular weight excluding hydrogens is 138 g/mol. The van der Waals surface area contributed by atoms with Gasteiger partial charge in [0.1, 0.15) is 6.26 Å². The van der Waals surface area contributed by atoms with E-state index < -0.39 is 0 Å². The van der Waals surface area contributed by atoms with Crippen LogP contribution in [-0.2, 0) is 0 Å². The molecular formula is C9H15NO. The molecule has 0 saturated carbocycles. The largest absolute Gasteiger partial charge is 0.449 e. The summed E-state index contributed by atoms with van der Waals surface area (Å²) in [6.45, 7) is 8.42. The van der Waals surface area contributed by atoms with Crippen molar-refractivity contribution in [2.75, 3.05) is 0 Å². The van der Waals surface area contributed by atoms with Gasteiger partial charge in [-0.3, -0.25) is 0 Å². The first kappa shape index (κ1) is 8.31. The van der Waals surface area contributed by atoms with E-state index in [2.05, 4.69) is 25.8 Å². The smallest absolute Gasteiger partial charge is 0.191 e. The monoisotopic (exact) mass is 153 g/mol. The van der Waals surface area contributed by atoms with Crippen LogP contribution in [0.3, 0.4) is 0 Å². The highest BCUT2D eigenvalue weighted by atomic mass is 16.3. The number of hydrogen-bond acceptors (Lipinski definition) is 2. The lowest BCUT2D eigenvalue weighted by Crippen LogP contribution is -2.01. The van der Waals surface area contributed by atoms with Crippen LogP contribution in [0.1, 0.15) is 38.3 Å². The lowest BCUT2D eigenvalue weighted by molar-refractivity contribution is 0.506. The van der Waals surface area contributed by atoms with Gasteiger partial charge >= 0.3 is 0 Å². The van der Waals surface area contributed by atoms with E-state index in [-0.39, 0.29) is 0 Å². The molecule has 0 bridgehead atoms. The third-order valence-corrected chi connectivity index (χ3v) is 2.10. The second-order valence-electron chi connectivity index (χ2n) is 3.32. The lowest BCUT2D eigenvalue weighted by Gasteiger charge is -2.10. The van der Waals surface area contributed by atoms with Gasteiger partial charge in [-0.1, -0.05) is 20.8 Å². The van der Waals surface area contributed by atoms with Crippen LogP contribution >= 0.6 is 0 Å². The van der Waals surface area contributed by atoms with Crippen molar-refractivity contribution < 1.29 is 4.42 Å². The first-order chi connectivity index (χ1) is 5.11. The molecule has 0 spiro atoms. The molecule has 0 aliphatic rings. The Kier molecular flexibility index (Phi) is 2.32. The molecule has 1 atom stereocenters. The summed E-state index contributed by atoms with van der Waals surface area (Å²) in [7, 11) is 0. The summed E-state index contributed by atoms with van der Waals surface area (Å²) < 4.78 is 5.12. The minimum atomic E-state index is 0.493. The van der Waals surface area contributed by atoms with Crippen LogP contribution in [0.25, 0.3) is 0 Å². The van der Waals surface area contributed by atoms with Gasteiger partial charge in [-0.2, -0.15) is 0 Å². The molecule has 62 valence electrons. The standard InChI is InChI=1S/C9H15NO/c1-6(2)7(3)9-5-11-8(4)10-9/h5-7H,1-4H3. The predicted molar refractivity (Wildman–Crippen MR) is 44.5 cm³/mol. The summed E-state index contributed by atoms with van der Waals surface area (Å²) in [5.74, 6) is 1.87.